The van der Waals surface area contributed by atoms with Crippen LogP contribution in [-0.4, -0.2) is 15.8 Å². The van der Waals surface area contributed by atoms with Crippen molar-refractivity contribution in [2.24, 2.45) is 11.8 Å². The number of aromatic nitrogens is 2. The average molecular weight is 459 g/mol. The molecule has 2 aromatic carbocycles. The van der Waals surface area contributed by atoms with Gasteiger partial charge in [0.05, 0.1) is 16.1 Å². The molecule has 1 aliphatic carbocycles. The molecule has 4 rings (SSSR count). The first kappa shape index (κ1) is 22.9. The third-order valence-corrected chi connectivity index (χ3v) is 6.27. The van der Waals surface area contributed by atoms with Gasteiger partial charge in [0.15, 0.2) is 5.78 Å². The van der Waals surface area contributed by atoms with Crippen LogP contribution in [0.1, 0.15) is 55.1 Å². The second-order valence-electron chi connectivity index (χ2n) is 8.62. The summed E-state index contributed by atoms with van der Waals surface area (Å²) in [5.74, 6) is 7.35. The predicted octanol–water partition coefficient (Wildman–Crippen LogP) is 7.42. The zero-order chi connectivity index (χ0) is 23.5. The Morgan fingerprint density at radius 2 is 2.12 bits per heavy atom. The largest absolute Gasteiger partial charge is 0.426 e. The Kier molecular flexibility index (Phi) is 6.72. The van der Waals surface area contributed by atoms with Crippen molar-refractivity contribution in [3.8, 4) is 23.6 Å². The number of carbonyl (C=O) groups excluding carboxylic acids is 1. The van der Waals surface area contributed by atoms with Gasteiger partial charge in [0.25, 0.3) is 6.01 Å². The van der Waals surface area contributed by atoms with Crippen LogP contribution >= 0.6 is 11.6 Å². The first-order valence-corrected chi connectivity index (χ1v) is 11.6. The van der Waals surface area contributed by atoms with Crippen LogP contribution in [0.15, 0.2) is 54.1 Å². The molecule has 2 atom stereocenters. The van der Waals surface area contributed by atoms with E-state index in [9.17, 15) is 4.79 Å². The van der Waals surface area contributed by atoms with Gasteiger partial charge < -0.3 is 9.72 Å². The molecule has 0 spiro atoms. The number of halogens is 1. The smallest absolute Gasteiger partial charge is 0.300 e. The first-order chi connectivity index (χ1) is 15.8. The maximum atomic E-state index is 12.7. The molecule has 4 nitrogen and oxygen atoms in total. The van der Waals surface area contributed by atoms with Crippen LogP contribution in [-0.2, 0) is 0 Å². The number of benzene rings is 2. The standard InChI is InChI=1S/C28H27ClN2O2/c1-5-18(3)27(32)23-15-22(12-9-19(23)4)33-28-30-25-14-21(24(29)16-26(25)31-28)11-10-20-8-6-7-17(2)13-20/h6-9,12,14-16,18,20H,5,13H2,1-4H3,(H,30,31). The van der Waals surface area contributed by atoms with Crippen molar-refractivity contribution in [2.75, 3.05) is 0 Å². The maximum absolute atomic E-state index is 12.7. The van der Waals surface area contributed by atoms with E-state index >= 15 is 0 Å². The van der Waals surface area contributed by atoms with E-state index in [1.54, 1.807) is 12.1 Å². The highest BCUT2D eigenvalue weighted by atomic mass is 35.5. The maximum Gasteiger partial charge on any atom is 0.300 e. The highest BCUT2D eigenvalue weighted by Gasteiger charge is 2.17. The van der Waals surface area contributed by atoms with Crippen LogP contribution in [0, 0.1) is 30.6 Å². The number of hydrogen-bond acceptors (Lipinski definition) is 3. The third-order valence-electron chi connectivity index (χ3n) is 5.96. The van der Waals surface area contributed by atoms with Crippen molar-refractivity contribution in [3.05, 3.63) is 75.8 Å². The second-order valence-corrected chi connectivity index (χ2v) is 9.03. The SMILES string of the molecule is CCC(C)C(=O)c1cc(Oc2nc3cc(Cl)c(C#CC4C=CC=C(C)C4)cc3[nH]2)ccc1C. The highest BCUT2D eigenvalue weighted by molar-refractivity contribution is 6.32. The molecular formula is C28H27ClN2O2. The van der Waals surface area contributed by atoms with E-state index in [4.69, 9.17) is 16.3 Å². The van der Waals surface area contributed by atoms with Crippen LogP contribution in [0.5, 0.6) is 11.8 Å². The lowest BCUT2D eigenvalue weighted by Gasteiger charge is -2.11. The molecule has 0 fully saturated rings. The van der Waals surface area contributed by atoms with E-state index in [0.29, 0.717) is 27.9 Å². The number of aryl methyl sites for hydroxylation is 1. The molecule has 0 aliphatic heterocycles. The molecule has 1 heterocycles. The minimum atomic E-state index is -0.0316. The molecule has 0 saturated heterocycles. The molecule has 0 bridgehead atoms. The zero-order valence-electron chi connectivity index (χ0n) is 19.3. The summed E-state index contributed by atoms with van der Waals surface area (Å²) < 4.78 is 5.96. The van der Waals surface area contributed by atoms with Crippen molar-refractivity contribution in [1.29, 1.82) is 0 Å². The minimum Gasteiger partial charge on any atom is -0.426 e. The number of ketones is 1. The van der Waals surface area contributed by atoms with E-state index in [2.05, 4.69) is 47.0 Å². The molecule has 2 unspecified atom stereocenters. The van der Waals surface area contributed by atoms with Gasteiger partial charge in [0, 0.05) is 23.0 Å². The number of Topliss-reactive ketones (excluding diaryl/α,β-unsaturated/α-hetero) is 1. The number of carbonyl (C=O) groups is 1. The van der Waals surface area contributed by atoms with E-state index < -0.39 is 0 Å². The fourth-order valence-electron chi connectivity index (χ4n) is 3.75. The lowest BCUT2D eigenvalue weighted by Crippen LogP contribution is -2.11. The number of imidazole rings is 1. The van der Waals surface area contributed by atoms with Crippen LogP contribution in [0.2, 0.25) is 5.02 Å². The van der Waals surface area contributed by atoms with Gasteiger partial charge in [-0.3, -0.25) is 4.79 Å². The number of allylic oxidation sites excluding steroid dienone is 4. The molecule has 0 radical (unpaired) electrons. The van der Waals surface area contributed by atoms with Crippen LogP contribution < -0.4 is 4.74 Å². The Hall–Kier alpha value is -3.29. The van der Waals surface area contributed by atoms with Crippen molar-refractivity contribution >= 4 is 28.4 Å². The number of fused-ring (bicyclic) bond motifs is 1. The normalized spacial score (nSPS) is 16.2. The third kappa shape index (κ3) is 5.21. The molecule has 0 saturated carbocycles. The molecule has 1 aromatic heterocycles. The average Bonchev–Trinajstić information content (AvgIpc) is 3.18. The van der Waals surface area contributed by atoms with Crippen molar-refractivity contribution in [2.45, 2.75) is 40.5 Å². The summed E-state index contributed by atoms with van der Waals surface area (Å²) in [4.78, 5) is 20.4. The van der Waals surface area contributed by atoms with E-state index in [1.165, 1.54) is 5.57 Å². The fraction of sp³-hybridized carbons (Fsp3) is 0.286. The Labute approximate surface area is 199 Å². The summed E-state index contributed by atoms with van der Waals surface area (Å²) in [6, 6.07) is 9.55. The molecule has 1 N–H and O–H groups in total. The van der Waals surface area contributed by atoms with Gasteiger partial charge in [-0.05, 0) is 56.5 Å². The van der Waals surface area contributed by atoms with Gasteiger partial charge in [-0.1, -0.05) is 67.2 Å². The molecule has 1 aliphatic rings. The molecule has 168 valence electrons. The Bertz CT molecular complexity index is 1340. The lowest BCUT2D eigenvalue weighted by molar-refractivity contribution is 0.0926. The van der Waals surface area contributed by atoms with Gasteiger partial charge in [-0.2, -0.15) is 4.98 Å². The van der Waals surface area contributed by atoms with Gasteiger partial charge in [0.1, 0.15) is 5.75 Å². The van der Waals surface area contributed by atoms with Crippen LogP contribution in [0.3, 0.4) is 0 Å². The van der Waals surface area contributed by atoms with E-state index in [1.807, 2.05) is 39.0 Å². The molecule has 3 aromatic rings. The number of aromatic amines is 1. The monoisotopic (exact) mass is 458 g/mol. The number of hydrogen-bond donors (Lipinski definition) is 1. The van der Waals surface area contributed by atoms with E-state index in [-0.39, 0.29) is 17.6 Å². The highest BCUT2D eigenvalue weighted by Crippen LogP contribution is 2.28. The van der Waals surface area contributed by atoms with Crippen LogP contribution in [0.25, 0.3) is 11.0 Å². The number of H-pyrrole nitrogens is 1. The summed E-state index contributed by atoms with van der Waals surface area (Å²) in [6.07, 6.45) is 8.00. The summed E-state index contributed by atoms with van der Waals surface area (Å²) >= 11 is 6.47. The Morgan fingerprint density at radius 1 is 1.30 bits per heavy atom. The van der Waals surface area contributed by atoms with Crippen molar-refractivity contribution < 1.29 is 9.53 Å². The quantitative estimate of drug-likeness (QED) is 0.319. The number of rotatable bonds is 5. The van der Waals surface area contributed by atoms with Gasteiger partial charge in [0.2, 0.25) is 0 Å². The molecular weight excluding hydrogens is 432 g/mol. The summed E-state index contributed by atoms with van der Waals surface area (Å²) in [7, 11) is 0. The summed E-state index contributed by atoms with van der Waals surface area (Å²) in [5, 5.41) is 0.553. The summed E-state index contributed by atoms with van der Waals surface area (Å²) in [6.45, 7) is 8.01. The Morgan fingerprint density at radius 3 is 2.88 bits per heavy atom. The lowest BCUT2D eigenvalue weighted by atomic mass is 9.94. The topological polar surface area (TPSA) is 55.0 Å². The predicted molar refractivity (Wildman–Crippen MR) is 134 cm³/mol. The van der Waals surface area contributed by atoms with Crippen molar-refractivity contribution in [3.63, 3.8) is 0 Å². The molecule has 0 amide bonds. The van der Waals surface area contributed by atoms with Crippen molar-refractivity contribution in [1.82, 2.24) is 9.97 Å². The number of ether oxygens (including phenoxy) is 1. The van der Waals surface area contributed by atoms with Gasteiger partial charge in [-0.25, -0.2) is 0 Å². The summed E-state index contributed by atoms with van der Waals surface area (Å²) in [5.41, 5.74) is 5.17. The zero-order valence-corrected chi connectivity index (χ0v) is 20.1. The van der Waals surface area contributed by atoms with Gasteiger partial charge in [-0.15, -0.1) is 0 Å². The number of nitrogens with zero attached hydrogens (tertiary/aromatic N) is 1. The van der Waals surface area contributed by atoms with Crippen LogP contribution in [0.4, 0.5) is 0 Å². The van der Waals surface area contributed by atoms with Gasteiger partial charge >= 0.3 is 0 Å². The molecule has 33 heavy (non-hydrogen) atoms. The first-order valence-electron chi connectivity index (χ1n) is 11.2. The Balaban J connectivity index is 1.58. The van der Waals surface area contributed by atoms with E-state index in [0.717, 1.165) is 29.5 Å². The minimum absolute atomic E-state index is 0.0316. The second kappa shape index (κ2) is 9.68. The molecule has 5 heteroatoms. The number of nitrogens with one attached hydrogen (secondary N) is 1. The fourth-order valence-corrected chi connectivity index (χ4v) is 3.96.